The number of nitrogens with zero attached hydrogens (tertiary/aromatic N) is 1. The maximum Gasteiger partial charge on any atom is 0.488 e. The van der Waals surface area contributed by atoms with Crippen LogP contribution in [0.4, 0.5) is 0 Å². The number of unbranched alkanes of at least 4 members (excludes halogenated alkanes) is 9. The number of ether oxygens (including phenoxy) is 1. The molecule has 1 aliphatic rings. The van der Waals surface area contributed by atoms with Crippen LogP contribution in [0.25, 0.3) is 0 Å². The largest absolute Gasteiger partial charge is 0.488 e. The van der Waals surface area contributed by atoms with Crippen molar-refractivity contribution < 1.29 is 46.3 Å². The SMILES string of the molecule is CCCCCCCCCCCCP(=O)(O)OP(=O)(O)OP(=O)(O)OC[C@@H]1C=C[C@H](n2cc(C)c(=O)[nH]c2=O)O1. The van der Waals surface area contributed by atoms with Crippen LogP contribution in [-0.4, -0.2) is 43.1 Å². The van der Waals surface area contributed by atoms with E-state index >= 15 is 0 Å². The summed E-state index contributed by atoms with van der Waals surface area (Å²) >= 11 is 0. The lowest BCUT2D eigenvalue weighted by Crippen LogP contribution is -2.33. The average Bonchev–Trinajstić information content (AvgIpc) is 3.29. The Bertz CT molecular complexity index is 1210. The minimum atomic E-state index is -5.44. The lowest BCUT2D eigenvalue weighted by Gasteiger charge is -2.20. The van der Waals surface area contributed by atoms with Gasteiger partial charge in [-0.2, -0.15) is 4.31 Å². The fourth-order valence-electron chi connectivity index (χ4n) is 3.85. The van der Waals surface area contributed by atoms with Gasteiger partial charge in [-0.25, -0.2) is 18.2 Å². The summed E-state index contributed by atoms with van der Waals surface area (Å²) in [7, 11) is -15.3. The molecule has 0 amide bonds. The van der Waals surface area contributed by atoms with Crippen LogP contribution in [0.2, 0.25) is 0 Å². The van der Waals surface area contributed by atoms with Gasteiger partial charge in [0.15, 0.2) is 6.23 Å². The molecule has 2 heterocycles. The molecule has 0 bridgehead atoms. The Labute approximate surface area is 227 Å². The molecule has 1 aliphatic heterocycles. The Hall–Kier alpha value is -1.17. The van der Waals surface area contributed by atoms with Crippen LogP contribution in [0.5, 0.6) is 0 Å². The first-order chi connectivity index (χ1) is 18.2. The van der Waals surface area contributed by atoms with Crippen molar-refractivity contribution in [3.8, 4) is 0 Å². The molecule has 0 saturated carbocycles. The van der Waals surface area contributed by atoms with E-state index in [1.807, 2.05) is 0 Å². The lowest BCUT2D eigenvalue weighted by atomic mass is 10.1. The number of hydrogen-bond acceptors (Lipinski definition) is 9. The molecule has 1 aromatic heterocycles. The molecule has 0 spiro atoms. The number of phosphoric ester groups is 1. The van der Waals surface area contributed by atoms with E-state index < -0.39 is 59.6 Å². The van der Waals surface area contributed by atoms with Crippen LogP contribution in [-0.2, 0) is 31.6 Å². The number of rotatable bonds is 19. The number of aromatic amines is 1. The van der Waals surface area contributed by atoms with Crippen LogP contribution < -0.4 is 11.2 Å². The Kier molecular flexibility index (Phi) is 13.7. The molecular weight excluding hydrogens is 577 g/mol. The van der Waals surface area contributed by atoms with Gasteiger partial charge in [0.25, 0.3) is 5.56 Å². The maximum atomic E-state index is 12.2. The van der Waals surface area contributed by atoms with Crippen molar-refractivity contribution in [3.63, 3.8) is 0 Å². The first-order valence-corrected chi connectivity index (χ1v) is 17.7. The van der Waals surface area contributed by atoms with Crippen molar-refractivity contribution in [2.45, 2.75) is 90.4 Å². The molecule has 0 aliphatic carbocycles. The Morgan fingerprint density at radius 1 is 0.897 bits per heavy atom. The summed E-state index contributed by atoms with van der Waals surface area (Å²) in [5.41, 5.74) is -1.03. The second-order valence-corrected chi connectivity index (χ2v) is 14.5. The second-order valence-electron chi connectivity index (χ2n) is 9.37. The molecule has 224 valence electrons. The third kappa shape index (κ3) is 12.9. The number of nitrogens with one attached hydrogen (secondary N) is 1. The highest BCUT2D eigenvalue weighted by molar-refractivity contribution is 7.68. The summed E-state index contributed by atoms with van der Waals surface area (Å²) in [6.07, 6.45) is 11.6. The molecule has 17 heteroatoms. The van der Waals surface area contributed by atoms with E-state index in [1.165, 1.54) is 51.0 Å². The van der Waals surface area contributed by atoms with Crippen molar-refractivity contribution in [1.29, 1.82) is 0 Å². The van der Waals surface area contributed by atoms with Crippen LogP contribution in [0.1, 0.15) is 82.9 Å². The normalized spacial score (nSPS) is 21.9. The Morgan fingerprint density at radius 3 is 2.10 bits per heavy atom. The fourth-order valence-corrected chi connectivity index (χ4v) is 8.05. The van der Waals surface area contributed by atoms with Gasteiger partial charge in [0.1, 0.15) is 6.10 Å². The molecule has 0 aromatic carbocycles. The summed E-state index contributed by atoms with van der Waals surface area (Å²) < 4.78 is 56.2. The molecular formula is C22H39N2O12P3. The van der Waals surface area contributed by atoms with Crippen LogP contribution >= 0.6 is 23.2 Å². The Balaban J connectivity index is 1.73. The molecule has 0 saturated heterocycles. The van der Waals surface area contributed by atoms with Gasteiger partial charge in [0, 0.05) is 11.8 Å². The summed E-state index contributed by atoms with van der Waals surface area (Å²) in [6.45, 7) is 3.02. The number of phosphoric acid groups is 2. The molecule has 4 N–H and O–H groups in total. The van der Waals surface area contributed by atoms with Gasteiger partial charge in [-0.15, -0.1) is 0 Å². The minimum Gasteiger partial charge on any atom is -0.344 e. The Morgan fingerprint density at radius 2 is 1.49 bits per heavy atom. The molecule has 5 atom stereocenters. The fraction of sp³-hybridized carbons (Fsp3) is 0.727. The maximum absolute atomic E-state index is 12.2. The molecule has 2 rings (SSSR count). The van der Waals surface area contributed by atoms with Gasteiger partial charge in [0.05, 0.1) is 12.8 Å². The summed E-state index contributed by atoms with van der Waals surface area (Å²) in [5.74, 6) is 0. The highest BCUT2D eigenvalue weighted by Crippen LogP contribution is 2.67. The number of H-pyrrole nitrogens is 1. The third-order valence-corrected chi connectivity index (χ3v) is 10.7. The smallest absolute Gasteiger partial charge is 0.344 e. The van der Waals surface area contributed by atoms with Gasteiger partial charge in [0.2, 0.25) is 0 Å². The monoisotopic (exact) mass is 616 g/mol. The molecule has 1 aromatic rings. The third-order valence-electron chi connectivity index (χ3n) is 5.86. The van der Waals surface area contributed by atoms with E-state index in [9.17, 15) is 38.0 Å². The van der Waals surface area contributed by atoms with Gasteiger partial charge in [-0.05, 0) is 19.4 Å². The lowest BCUT2D eigenvalue weighted by molar-refractivity contribution is -0.0104. The van der Waals surface area contributed by atoms with E-state index in [4.69, 9.17) is 4.74 Å². The zero-order chi connectivity index (χ0) is 29.1. The molecule has 14 nitrogen and oxygen atoms in total. The minimum absolute atomic E-state index is 0.257. The molecule has 0 fully saturated rings. The van der Waals surface area contributed by atoms with Gasteiger partial charge >= 0.3 is 28.9 Å². The van der Waals surface area contributed by atoms with Gasteiger partial charge in [-0.1, -0.05) is 70.8 Å². The van der Waals surface area contributed by atoms with E-state index in [0.29, 0.717) is 6.42 Å². The van der Waals surface area contributed by atoms with Crippen molar-refractivity contribution >= 4 is 23.2 Å². The molecule has 3 unspecified atom stereocenters. The van der Waals surface area contributed by atoms with Crippen molar-refractivity contribution in [3.05, 3.63) is 44.8 Å². The number of aromatic nitrogens is 2. The highest BCUT2D eigenvalue weighted by atomic mass is 31.3. The predicted octanol–water partition coefficient (Wildman–Crippen LogP) is 4.66. The van der Waals surface area contributed by atoms with E-state index in [2.05, 4.69) is 25.1 Å². The van der Waals surface area contributed by atoms with Crippen LogP contribution in [0.3, 0.4) is 0 Å². The van der Waals surface area contributed by atoms with E-state index in [1.54, 1.807) is 0 Å². The summed E-state index contributed by atoms with van der Waals surface area (Å²) in [5, 5.41) is 0. The number of hydrogen-bond donors (Lipinski definition) is 4. The van der Waals surface area contributed by atoms with Gasteiger partial charge < -0.3 is 19.4 Å². The second kappa shape index (κ2) is 15.7. The van der Waals surface area contributed by atoms with Gasteiger partial charge in [-0.3, -0.25) is 23.4 Å². The zero-order valence-electron chi connectivity index (χ0n) is 22.2. The number of aryl methyl sites for hydroxylation is 1. The highest BCUT2D eigenvalue weighted by Gasteiger charge is 2.41. The average molecular weight is 616 g/mol. The van der Waals surface area contributed by atoms with Crippen molar-refractivity contribution in [1.82, 2.24) is 9.55 Å². The van der Waals surface area contributed by atoms with Crippen molar-refractivity contribution in [2.24, 2.45) is 0 Å². The zero-order valence-corrected chi connectivity index (χ0v) is 24.9. The van der Waals surface area contributed by atoms with E-state index in [0.717, 1.165) is 30.3 Å². The summed E-state index contributed by atoms with van der Waals surface area (Å²) in [6, 6.07) is 0. The first-order valence-electron chi connectivity index (χ1n) is 12.9. The predicted molar refractivity (Wildman–Crippen MR) is 143 cm³/mol. The topological polar surface area (TPSA) is 204 Å². The first kappa shape index (κ1) is 34.0. The summed E-state index contributed by atoms with van der Waals surface area (Å²) in [4.78, 5) is 55.1. The molecule has 0 radical (unpaired) electrons. The van der Waals surface area contributed by atoms with Crippen LogP contribution in [0, 0.1) is 6.92 Å². The van der Waals surface area contributed by atoms with Crippen LogP contribution in [0.15, 0.2) is 27.9 Å². The van der Waals surface area contributed by atoms with Crippen molar-refractivity contribution in [2.75, 3.05) is 12.8 Å². The molecule has 39 heavy (non-hydrogen) atoms. The quantitative estimate of drug-likeness (QED) is 0.0952. The standard InChI is InChI=1S/C22H39N2O12P3/c1-3-4-5-6-7-8-9-10-11-12-15-37(27,28)35-39(31,32)36-38(29,30)33-17-19-13-14-20(34-19)24-16-18(2)21(25)23-22(24)26/h13-14,16,19-20H,3-12,15,17H2,1-2H3,(H,27,28)(H,29,30)(H,31,32)(H,23,25,26)/t19-,20+/m0/s1. The van der Waals surface area contributed by atoms with E-state index in [-0.39, 0.29) is 12.0 Å².